The Morgan fingerprint density at radius 1 is 1.45 bits per heavy atom. The summed E-state index contributed by atoms with van der Waals surface area (Å²) in [5, 5.41) is 4.25. The zero-order valence-electron chi connectivity index (χ0n) is 12.7. The van der Waals surface area contributed by atoms with Crippen LogP contribution in [0.2, 0.25) is 0 Å². The maximum atomic E-state index is 12.4. The van der Waals surface area contributed by atoms with Crippen molar-refractivity contribution in [3.63, 3.8) is 0 Å². The summed E-state index contributed by atoms with van der Waals surface area (Å²) in [6, 6.07) is 0. The molecule has 0 fully saturated rings. The molecule has 20 heavy (non-hydrogen) atoms. The lowest BCUT2D eigenvalue weighted by Gasteiger charge is -2.19. The molecule has 0 amide bonds. The first kappa shape index (κ1) is 17.4. The van der Waals surface area contributed by atoms with Gasteiger partial charge in [0.15, 0.2) is 5.78 Å². The first-order valence-corrected chi connectivity index (χ1v) is 8.25. The fraction of sp³-hybridized carbons (Fsp3) is 0.733. The van der Waals surface area contributed by atoms with Crippen molar-refractivity contribution in [1.82, 2.24) is 9.78 Å². The highest BCUT2D eigenvalue weighted by Crippen LogP contribution is 2.24. The molecule has 5 heteroatoms. The Balaban J connectivity index is 2.68. The molecular formula is C15H26BrN3O. The molecule has 1 rings (SSSR count). The molecule has 1 heterocycles. The van der Waals surface area contributed by atoms with E-state index in [1.54, 1.807) is 10.9 Å². The average Bonchev–Trinajstić information content (AvgIpc) is 2.75. The molecule has 114 valence electrons. The summed E-state index contributed by atoms with van der Waals surface area (Å²) in [5.74, 6) is 1.26. The van der Waals surface area contributed by atoms with E-state index in [-0.39, 0.29) is 5.78 Å². The molecule has 1 atom stereocenters. The minimum atomic E-state index is 0.172. The van der Waals surface area contributed by atoms with Gasteiger partial charge in [0.2, 0.25) is 0 Å². The Kier molecular flexibility index (Phi) is 7.45. The van der Waals surface area contributed by atoms with Gasteiger partial charge in [-0.15, -0.1) is 0 Å². The Morgan fingerprint density at radius 3 is 2.70 bits per heavy atom. The van der Waals surface area contributed by atoms with Crippen LogP contribution >= 0.6 is 15.9 Å². The number of hydrogen-bond donors (Lipinski definition) is 1. The smallest absolute Gasteiger partial charge is 0.182 e. The molecular weight excluding hydrogens is 318 g/mol. The maximum absolute atomic E-state index is 12.4. The van der Waals surface area contributed by atoms with E-state index in [0.717, 1.165) is 30.3 Å². The predicted octanol–water partition coefficient (Wildman–Crippen LogP) is 3.64. The van der Waals surface area contributed by atoms with E-state index in [1.165, 1.54) is 0 Å². The number of Topliss-reactive ketones (excluding diaryl/α,β-unsaturated/α-hetero) is 1. The molecule has 0 bridgehead atoms. The fourth-order valence-corrected chi connectivity index (χ4v) is 3.00. The van der Waals surface area contributed by atoms with Crippen molar-refractivity contribution in [3.8, 4) is 0 Å². The summed E-state index contributed by atoms with van der Waals surface area (Å²) in [6.45, 7) is 7.95. The first-order valence-electron chi connectivity index (χ1n) is 7.45. The number of halogens is 1. The van der Waals surface area contributed by atoms with Gasteiger partial charge in [-0.3, -0.25) is 9.48 Å². The van der Waals surface area contributed by atoms with Crippen LogP contribution in [0.1, 0.15) is 56.9 Å². The molecule has 4 nitrogen and oxygen atoms in total. The number of hydrogen-bond acceptors (Lipinski definition) is 3. The van der Waals surface area contributed by atoms with Crippen molar-refractivity contribution in [2.75, 3.05) is 6.54 Å². The van der Waals surface area contributed by atoms with Crippen molar-refractivity contribution in [2.24, 2.45) is 17.6 Å². The lowest BCUT2D eigenvalue weighted by molar-refractivity contribution is 0.0957. The van der Waals surface area contributed by atoms with Crippen LogP contribution in [-0.4, -0.2) is 22.1 Å². The summed E-state index contributed by atoms with van der Waals surface area (Å²) in [7, 11) is 0. The Morgan fingerprint density at radius 2 is 2.15 bits per heavy atom. The number of aromatic nitrogens is 2. The Bertz CT molecular complexity index is 429. The lowest BCUT2D eigenvalue weighted by Crippen LogP contribution is -2.17. The second-order valence-electron chi connectivity index (χ2n) is 5.61. The van der Waals surface area contributed by atoms with Gasteiger partial charge >= 0.3 is 0 Å². The monoisotopic (exact) mass is 343 g/mol. The summed E-state index contributed by atoms with van der Waals surface area (Å²) in [6.07, 6.45) is 5.13. The predicted molar refractivity (Wildman–Crippen MR) is 85.8 cm³/mol. The van der Waals surface area contributed by atoms with Crippen molar-refractivity contribution in [3.05, 3.63) is 16.4 Å². The van der Waals surface area contributed by atoms with Gasteiger partial charge in [0, 0.05) is 13.0 Å². The van der Waals surface area contributed by atoms with Gasteiger partial charge in [-0.1, -0.05) is 20.8 Å². The van der Waals surface area contributed by atoms with Crippen molar-refractivity contribution < 1.29 is 4.79 Å². The Labute approximate surface area is 130 Å². The summed E-state index contributed by atoms with van der Waals surface area (Å²) >= 11 is 3.43. The number of rotatable bonds is 9. The van der Waals surface area contributed by atoms with Crippen LogP contribution in [0.4, 0.5) is 0 Å². The largest absolute Gasteiger partial charge is 0.330 e. The third-order valence-electron chi connectivity index (χ3n) is 3.72. The van der Waals surface area contributed by atoms with Crippen molar-refractivity contribution in [1.29, 1.82) is 0 Å². The molecule has 0 aliphatic rings. The van der Waals surface area contributed by atoms with Crippen LogP contribution in [0.15, 0.2) is 10.7 Å². The fourth-order valence-electron chi connectivity index (χ4n) is 2.48. The van der Waals surface area contributed by atoms with E-state index >= 15 is 0 Å². The standard InChI is InChI=1S/C15H26BrN3O/c1-4-9-19-15(13(16)10-18-19)14(20)6-5-12(7-8-17)11(2)3/h10-12H,4-9,17H2,1-3H3. The molecule has 0 radical (unpaired) electrons. The van der Waals surface area contributed by atoms with Crippen molar-refractivity contribution in [2.45, 2.75) is 53.0 Å². The maximum Gasteiger partial charge on any atom is 0.182 e. The highest BCUT2D eigenvalue weighted by molar-refractivity contribution is 9.10. The highest BCUT2D eigenvalue weighted by Gasteiger charge is 2.19. The molecule has 0 spiro atoms. The van der Waals surface area contributed by atoms with Gasteiger partial charge in [-0.2, -0.15) is 5.10 Å². The summed E-state index contributed by atoms with van der Waals surface area (Å²) in [5.41, 5.74) is 6.36. The van der Waals surface area contributed by atoms with Gasteiger partial charge in [-0.25, -0.2) is 0 Å². The second kappa shape index (κ2) is 8.57. The van der Waals surface area contributed by atoms with Gasteiger partial charge in [0.1, 0.15) is 5.69 Å². The number of nitrogens with two attached hydrogens (primary N) is 1. The van der Waals surface area contributed by atoms with Crippen LogP contribution in [0.5, 0.6) is 0 Å². The van der Waals surface area contributed by atoms with E-state index < -0.39 is 0 Å². The van der Waals surface area contributed by atoms with E-state index in [4.69, 9.17) is 5.73 Å². The quantitative estimate of drug-likeness (QED) is 0.696. The number of nitrogens with zero attached hydrogens (tertiary/aromatic N) is 2. The molecule has 1 unspecified atom stereocenters. The molecule has 0 aliphatic carbocycles. The second-order valence-corrected chi connectivity index (χ2v) is 6.46. The zero-order valence-corrected chi connectivity index (χ0v) is 14.3. The van der Waals surface area contributed by atoms with Crippen LogP contribution < -0.4 is 5.73 Å². The molecule has 0 saturated carbocycles. The number of carbonyl (C=O) groups excluding carboxylic acids is 1. The molecule has 0 aliphatic heterocycles. The van der Waals surface area contributed by atoms with Crippen LogP contribution in [0, 0.1) is 11.8 Å². The normalized spacial score (nSPS) is 12.9. The van der Waals surface area contributed by atoms with Crippen LogP contribution in [0.25, 0.3) is 0 Å². The molecule has 0 aromatic carbocycles. The topological polar surface area (TPSA) is 60.9 Å². The number of ketones is 1. The number of aryl methyl sites for hydroxylation is 1. The third kappa shape index (κ3) is 4.70. The molecule has 0 saturated heterocycles. The van der Waals surface area contributed by atoms with Gasteiger partial charge in [0.05, 0.1) is 10.7 Å². The molecule has 1 aromatic heterocycles. The molecule has 1 aromatic rings. The van der Waals surface area contributed by atoms with E-state index in [2.05, 4.69) is 41.8 Å². The van der Waals surface area contributed by atoms with Gasteiger partial charge in [0.25, 0.3) is 0 Å². The molecule has 2 N–H and O–H groups in total. The lowest BCUT2D eigenvalue weighted by atomic mass is 9.87. The summed E-state index contributed by atoms with van der Waals surface area (Å²) < 4.78 is 2.61. The Hall–Kier alpha value is -0.680. The van der Waals surface area contributed by atoms with Crippen molar-refractivity contribution >= 4 is 21.7 Å². The summed E-state index contributed by atoms with van der Waals surface area (Å²) in [4.78, 5) is 12.4. The van der Waals surface area contributed by atoms with E-state index in [0.29, 0.717) is 30.5 Å². The van der Waals surface area contributed by atoms with Crippen LogP contribution in [-0.2, 0) is 6.54 Å². The first-order chi connectivity index (χ1) is 9.51. The third-order valence-corrected chi connectivity index (χ3v) is 4.30. The SMILES string of the molecule is CCCn1ncc(Br)c1C(=O)CCC(CCN)C(C)C. The van der Waals surface area contributed by atoms with Crippen LogP contribution in [0.3, 0.4) is 0 Å². The van der Waals surface area contributed by atoms with Gasteiger partial charge in [-0.05, 0) is 53.6 Å². The van der Waals surface area contributed by atoms with Gasteiger partial charge < -0.3 is 5.73 Å². The number of carbonyl (C=O) groups is 1. The zero-order chi connectivity index (χ0) is 15.1. The van der Waals surface area contributed by atoms with E-state index in [9.17, 15) is 4.79 Å². The highest BCUT2D eigenvalue weighted by atomic mass is 79.9. The minimum Gasteiger partial charge on any atom is -0.330 e. The average molecular weight is 344 g/mol. The van der Waals surface area contributed by atoms with E-state index in [1.807, 2.05) is 0 Å². The minimum absolute atomic E-state index is 0.172.